The summed E-state index contributed by atoms with van der Waals surface area (Å²) in [5, 5.41) is 11.7. The van der Waals surface area contributed by atoms with E-state index in [2.05, 4.69) is 5.32 Å². The zero-order chi connectivity index (χ0) is 12.4. The Bertz CT molecular complexity index is 440. The molecule has 1 aromatic rings. The first-order valence-corrected chi connectivity index (χ1v) is 5.36. The Hall–Kier alpha value is -1.91. The molecule has 1 amide bonds. The molecule has 1 fully saturated rings. The zero-order valence-corrected chi connectivity index (χ0v) is 9.02. The number of carbonyl (C=O) groups excluding carboxylic acids is 1. The van der Waals surface area contributed by atoms with Gasteiger partial charge in [0.15, 0.2) is 5.92 Å². The van der Waals surface area contributed by atoms with Crippen molar-refractivity contribution in [1.82, 2.24) is 5.32 Å². The van der Waals surface area contributed by atoms with Crippen LogP contribution in [-0.2, 0) is 9.59 Å². The van der Waals surface area contributed by atoms with Crippen LogP contribution in [-0.4, -0.2) is 23.0 Å². The second-order valence-electron chi connectivity index (χ2n) is 4.11. The number of carboxylic acids is 1. The summed E-state index contributed by atoms with van der Waals surface area (Å²) >= 11 is 0. The van der Waals surface area contributed by atoms with E-state index < -0.39 is 23.6 Å². The van der Waals surface area contributed by atoms with Gasteiger partial charge < -0.3 is 10.4 Å². The van der Waals surface area contributed by atoms with Crippen molar-refractivity contribution in [2.45, 2.75) is 24.8 Å². The third-order valence-electron chi connectivity index (χ3n) is 2.64. The Balaban J connectivity index is 2.18. The van der Waals surface area contributed by atoms with E-state index in [0.29, 0.717) is 0 Å². The first-order chi connectivity index (χ1) is 8.08. The topological polar surface area (TPSA) is 66.4 Å². The maximum Gasteiger partial charge on any atom is 0.320 e. The Morgan fingerprint density at radius 2 is 1.88 bits per heavy atom. The first kappa shape index (κ1) is 11.6. The summed E-state index contributed by atoms with van der Waals surface area (Å²) in [6.07, 6.45) is 1.78. The van der Waals surface area contributed by atoms with E-state index in [1.807, 2.05) is 0 Å². The highest BCUT2D eigenvalue weighted by Gasteiger charge is 2.32. The van der Waals surface area contributed by atoms with Crippen molar-refractivity contribution in [3.63, 3.8) is 0 Å². The third kappa shape index (κ3) is 2.81. The van der Waals surface area contributed by atoms with Gasteiger partial charge in [-0.05, 0) is 30.5 Å². The van der Waals surface area contributed by atoms with E-state index in [1.54, 1.807) is 0 Å². The number of nitrogens with one attached hydrogen (secondary N) is 1. The van der Waals surface area contributed by atoms with Crippen molar-refractivity contribution in [3.05, 3.63) is 35.6 Å². The number of carboxylic acid groups (broad SMARTS) is 1. The molecule has 0 spiro atoms. The summed E-state index contributed by atoms with van der Waals surface area (Å²) in [6.45, 7) is 0. The minimum Gasteiger partial charge on any atom is -0.480 e. The molecule has 0 aliphatic heterocycles. The average Bonchev–Trinajstić information content (AvgIpc) is 3.04. The van der Waals surface area contributed by atoms with Gasteiger partial charge in [-0.3, -0.25) is 9.59 Å². The van der Waals surface area contributed by atoms with E-state index in [0.717, 1.165) is 25.0 Å². The van der Waals surface area contributed by atoms with Gasteiger partial charge in [0.25, 0.3) is 0 Å². The quantitative estimate of drug-likeness (QED) is 0.775. The monoisotopic (exact) mass is 237 g/mol. The number of amides is 1. The fourth-order valence-corrected chi connectivity index (χ4v) is 1.57. The van der Waals surface area contributed by atoms with Crippen LogP contribution in [0.3, 0.4) is 0 Å². The lowest BCUT2D eigenvalue weighted by Gasteiger charge is -2.12. The first-order valence-electron chi connectivity index (χ1n) is 5.36. The molecule has 0 bridgehead atoms. The zero-order valence-electron chi connectivity index (χ0n) is 9.02. The van der Waals surface area contributed by atoms with E-state index in [-0.39, 0.29) is 11.6 Å². The summed E-state index contributed by atoms with van der Waals surface area (Å²) < 4.78 is 12.7. The van der Waals surface area contributed by atoms with Crippen LogP contribution in [0.1, 0.15) is 24.3 Å². The maximum atomic E-state index is 12.7. The van der Waals surface area contributed by atoms with Crippen molar-refractivity contribution in [2.75, 3.05) is 0 Å². The van der Waals surface area contributed by atoms with Crippen molar-refractivity contribution >= 4 is 11.9 Å². The van der Waals surface area contributed by atoms with Crippen molar-refractivity contribution in [3.8, 4) is 0 Å². The predicted octanol–water partition coefficient (Wildman–Crippen LogP) is 1.27. The molecule has 0 radical (unpaired) electrons. The molecule has 1 unspecified atom stereocenters. The number of carbonyl (C=O) groups is 2. The Morgan fingerprint density at radius 3 is 2.35 bits per heavy atom. The van der Waals surface area contributed by atoms with Crippen LogP contribution in [0.5, 0.6) is 0 Å². The van der Waals surface area contributed by atoms with E-state index in [4.69, 9.17) is 5.11 Å². The van der Waals surface area contributed by atoms with Crippen LogP contribution in [0.2, 0.25) is 0 Å². The summed E-state index contributed by atoms with van der Waals surface area (Å²) in [5.41, 5.74) is 0.289. The van der Waals surface area contributed by atoms with Crippen LogP contribution in [0.4, 0.5) is 4.39 Å². The second-order valence-corrected chi connectivity index (χ2v) is 4.11. The van der Waals surface area contributed by atoms with E-state index in [1.165, 1.54) is 12.1 Å². The lowest BCUT2D eigenvalue weighted by molar-refractivity contribution is -0.143. The number of hydrogen-bond donors (Lipinski definition) is 2. The highest BCUT2D eigenvalue weighted by atomic mass is 19.1. The van der Waals surface area contributed by atoms with Crippen molar-refractivity contribution in [1.29, 1.82) is 0 Å². The average molecular weight is 237 g/mol. The molecule has 0 saturated heterocycles. The Morgan fingerprint density at radius 1 is 1.29 bits per heavy atom. The Kier molecular flexibility index (Phi) is 3.08. The highest BCUT2D eigenvalue weighted by Crippen LogP contribution is 2.22. The molecule has 0 heterocycles. The molecule has 4 nitrogen and oxygen atoms in total. The van der Waals surface area contributed by atoms with Gasteiger partial charge >= 0.3 is 5.97 Å². The van der Waals surface area contributed by atoms with Crippen LogP contribution in [0.25, 0.3) is 0 Å². The molecule has 1 atom stereocenters. The number of hydrogen-bond acceptors (Lipinski definition) is 2. The number of benzene rings is 1. The third-order valence-corrected chi connectivity index (χ3v) is 2.64. The van der Waals surface area contributed by atoms with Gasteiger partial charge in [0.2, 0.25) is 5.91 Å². The fraction of sp³-hybridized carbons (Fsp3) is 0.333. The molecular formula is C12H12FNO3. The smallest absolute Gasteiger partial charge is 0.320 e. The molecule has 1 aromatic carbocycles. The molecule has 17 heavy (non-hydrogen) atoms. The predicted molar refractivity (Wildman–Crippen MR) is 57.9 cm³/mol. The number of halogens is 1. The number of aliphatic carboxylic acids is 1. The van der Waals surface area contributed by atoms with Gasteiger partial charge in [0, 0.05) is 6.04 Å². The molecule has 1 aliphatic carbocycles. The van der Waals surface area contributed by atoms with Crippen molar-refractivity contribution in [2.24, 2.45) is 0 Å². The number of rotatable bonds is 4. The van der Waals surface area contributed by atoms with Gasteiger partial charge in [0.05, 0.1) is 0 Å². The maximum absolute atomic E-state index is 12.7. The lowest BCUT2D eigenvalue weighted by atomic mass is 9.98. The summed E-state index contributed by atoms with van der Waals surface area (Å²) in [5.74, 6) is -3.49. The molecule has 0 aromatic heterocycles. The normalized spacial score (nSPS) is 16.3. The van der Waals surface area contributed by atoms with Gasteiger partial charge in [-0.2, -0.15) is 0 Å². The SMILES string of the molecule is O=C(O)C(C(=O)NC1CC1)c1ccc(F)cc1. The summed E-state index contributed by atoms with van der Waals surface area (Å²) in [7, 11) is 0. The molecular weight excluding hydrogens is 225 g/mol. The van der Waals surface area contributed by atoms with Crippen LogP contribution in [0, 0.1) is 5.82 Å². The minimum absolute atomic E-state index is 0.102. The van der Waals surface area contributed by atoms with Crippen LogP contribution >= 0.6 is 0 Å². The van der Waals surface area contributed by atoms with Gasteiger partial charge in [-0.15, -0.1) is 0 Å². The van der Waals surface area contributed by atoms with Crippen LogP contribution < -0.4 is 5.32 Å². The standard InChI is InChI=1S/C12H12FNO3/c13-8-3-1-7(2-4-8)10(12(16)17)11(15)14-9-5-6-9/h1-4,9-10H,5-6H2,(H,14,15)(H,16,17). The van der Waals surface area contributed by atoms with E-state index >= 15 is 0 Å². The second kappa shape index (κ2) is 4.53. The molecule has 90 valence electrons. The molecule has 2 rings (SSSR count). The van der Waals surface area contributed by atoms with Gasteiger partial charge in [0.1, 0.15) is 5.82 Å². The van der Waals surface area contributed by atoms with Crippen molar-refractivity contribution < 1.29 is 19.1 Å². The minimum atomic E-state index is -1.27. The Labute approximate surface area is 97.4 Å². The van der Waals surface area contributed by atoms with E-state index in [9.17, 15) is 14.0 Å². The molecule has 5 heteroatoms. The molecule has 2 N–H and O–H groups in total. The molecule has 1 aliphatic rings. The largest absolute Gasteiger partial charge is 0.480 e. The van der Waals surface area contributed by atoms with Gasteiger partial charge in [-0.25, -0.2) is 4.39 Å². The fourth-order valence-electron chi connectivity index (χ4n) is 1.57. The van der Waals surface area contributed by atoms with Gasteiger partial charge in [-0.1, -0.05) is 12.1 Å². The van der Waals surface area contributed by atoms with Crippen LogP contribution in [0.15, 0.2) is 24.3 Å². The summed E-state index contributed by atoms with van der Waals surface area (Å²) in [4.78, 5) is 22.8. The summed E-state index contributed by atoms with van der Waals surface area (Å²) in [6, 6.07) is 5.04. The highest BCUT2D eigenvalue weighted by molar-refractivity contribution is 6.02. The lowest BCUT2D eigenvalue weighted by Crippen LogP contribution is -2.35. The molecule has 1 saturated carbocycles.